The number of benzene rings is 2. The van der Waals surface area contributed by atoms with Crippen LogP contribution in [-0.4, -0.2) is 20.3 Å². The van der Waals surface area contributed by atoms with Crippen LogP contribution < -0.4 is 10.1 Å². The summed E-state index contributed by atoms with van der Waals surface area (Å²) in [5.41, 5.74) is -0.185. The van der Waals surface area contributed by atoms with E-state index in [-0.39, 0.29) is 20.6 Å². The Morgan fingerprint density at radius 2 is 1.70 bits per heavy atom. The highest BCUT2D eigenvalue weighted by molar-refractivity contribution is 7.89. The predicted octanol–water partition coefficient (Wildman–Crippen LogP) is 4.51. The number of hydrogen-bond donors (Lipinski definition) is 1. The molecule has 1 atom stereocenters. The summed E-state index contributed by atoms with van der Waals surface area (Å²) in [7, 11) is -3.92. The Kier molecular flexibility index (Phi) is 5.15. The van der Waals surface area contributed by atoms with Crippen LogP contribution in [0.1, 0.15) is 18.0 Å². The summed E-state index contributed by atoms with van der Waals surface area (Å²) in [6, 6.07) is 8.86. The number of hydrogen-bond acceptors (Lipinski definition) is 4. The molecule has 5 nitrogen and oxygen atoms in total. The van der Waals surface area contributed by atoms with Crippen molar-refractivity contribution in [3.63, 3.8) is 0 Å². The SMILES string of the molecule is NS(=O)(=O)c1ccc(N2N=C(C(F)(F)F)CC2c2ccc(Cl)c(Cl)c2)cc1. The summed E-state index contributed by atoms with van der Waals surface area (Å²) in [5.74, 6) is 0. The quantitative estimate of drug-likeness (QED) is 0.767. The molecular formula is C16H12Cl2F3N3O2S. The normalized spacial score (nSPS) is 17.9. The van der Waals surface area contributed by atoms with Gasteiger partial charge in [-0.3, -0.25) is 5.01 Å². The van der Waals surface area contributed by atoms with Crippen molar-refractivity contribution in [2.75, 3.05) is 5.01 Å². The Hall–Kier alpha value is -1.81. The van der Waals surface area contributed by atoms with Gasteiger partial charge in [-0.15, -0.1) is 0 Å². The zero-order valence-electron chi connectivity index (χ0n) is 13.4. The molecule has 2 N–H and O–H groups in total. The van der Waals surface area contributed by atoms with Gasteiger partial charge in [0.25, 0.3) is 0 Å². The minimum absolute atomic E-state index is 0.156. The van der Waals surface area contributed by atoms with Crippen LogP contribution >= 0.6 is 23.2 Å². The molecule has 0 spiro atoms. The number of nitrogens with zero attached hydrogens (tertiary/aromatic N) is 2. The second kappa shape index (κ2) is 6.97. The Morgan fingerprint density at radius 3 is 2.22 bits per heavy atom. The lowest BCUT2D eigenvalue weighted by Gasteiger charge is -2.24. The van der Waals surface area contributed by atoms with E-state index < -0.39 is 34.4 Å². The first-order valence-corrected chi connectivity index (χ1v) is 9.79. The molecular weight excluding hydrogens is 426 g/mol. The predicted molar refractivity (Wildman–Crippen MR) is 97.6 cm³/mol. The van der Waals surface area contributed by atoms with E-state index in [1.165, 1.54) is 41.4 Å². The first-order chi connectivity index (χ1) is 12.5. The van der Waals surface area contributed by atoms with Crippen molar-refractivity contribution in [2.45, 2.75) is 23.5 Å². The highest BCUT2D eigenvalue weighted by Crippen LogP contribution is 2.40. The van der Waals surface area contributed by atoms with Crippen molar-refractivity contribution < 1.29 is 21.6 Å². The van der Waals surface area contributed by atoms with Gasteiger partial charge in [0.2, 0.25) is 10.0 Å². The number of halogens is 5. The molecule has 1 unspecified atom stereocenters. The fourth-order valence-electron chi connectivity index (χ4n) is 2.69. The van der Waals surface area contributed by atoms with E-state index in [2.05, 4.69) is 5.10 Å². The Labute approximate surface area is 163 Å². The van der Waals surface area contributed by atoms with Crippen molar-refractivity contribution in [3.05, 3.63) is 58.1 Å². The van der Waals surface area contributed by atoms with Gasteiger partial charge < -0.3 is 0 Å². The number of nitrogens with two attached hydrogens (primary N) is 1. The van der Waals surface area contributed by atoms with Gasteiger partial charge >= 0.3 is 6.18 Å². The molecule has 1 aliphatic heterocycles. The van der Waals surface area contributed by atoms with Gasteiger partial charge in [-0.2, -0.15) is 18.3 Å². The minimum Gasteiger partial charge on any atom is -0.257 e. The molecule has 1 aliphatic rings. The van der Waals surface area contributed by atoms with Crippen molar-refractivity contribution in [1.29, 1.82) is 0 Å². The molecule has 27 heavy (non-hydrogen) atoms. The average Bonchev–Trinajstić information content (AvgIpc) is 3.02. The van der Waals surface area contributed by atoms with Crippen LogP contribution in [-0.2, 0) is 10.0 Å². The lowest BCUT2D eigenvalue weighted by molar-refractivity contribution is -0.0600. The van der Waals surface area contributed by atoms with Crippen LogP contribution in [0.2, 0.25) is 10.0 Å². The number of anilines is 1. The summed E-state index contributed by atoms with van der Waals surface area (Å²) in [5, 5.41) is 10.4. The molecule has 0 aromatic heterocycles. The lowest BCUT2D eigenvalue weighted by atomic mass is 10.0. The molecule has 2 aromatic carbocycles. The van der Waals surface area contributed by atoms with E-state index in [0.29, 0.717) is 5.56 Å². The zero-order valence-corrected chi connectivity index (χ0v) is 15.7. The lowest BCUT2D eigenvalue weighted by Crippen LogP contribution is -2.21. The van der Waals surface area contributed by atoms with Gasteiger partial charge in [-0.1, -0.05) is 29.3 Å². The van der Waals surface area contributed by atoms with E-state index in [1.807, 2.05) is 0 Å². The second-order valence-electron chi connectivity index (χ2n) is 5.82. The van der Waals surface area contributed by atoms with E-state index in [4.69, 9.17) is 28.3 Å². The number of alkyl halides is 3. The van der Waals surface area contributed by atoms with Crippen LogP contribution in [0.3, 0.4) is 0 Å². The third kappa shape index (κ3) is 4.21. The van der Waals surface area contributed by atoms with E-state index in [1.54, 1.807) is 6.07 Å². The smallest absolute Gasteiger partial charge is 0.257 e. The standard InChI is InChI=1S/C16H12Cl2F3N3O2S/c17-12-6-1-9(7-13(12)18)14-8-15(16(19,20)21)23-24(14)10-2-4-11(5-3-10)27(22,25)26/h1-7,14H,8H2,(H2,22,25,26). The molecule has 3 rings (SSSR count). The fourth-order valence-corrected chi connectivity index (χ4v) is 3.51. The van der Waals surface area contributed by atoms with Gasteiger partial charge in [0.1, 0.15) is 5.71 Å². The highest BCUT2D eigenvalue weighted by atomic mass is 35.5. The third-order valence-corrected chi connectivity index (χ3v) is 5.66. The van der Waals surface area contributed by atoms with Crippen LogP contribution in [0.25, 0.3) is 0 Å². The molecule has 11 heteroatoms. The number of rotatable bonds is 3. The van der Waals surface area contributed by atoms with Crippen molar-refractivity contribution in [2.24, 2.45) is 10.2 Å². The average molecular weight is 438 g/mol. The van der Waals surface area contributed by atoms with E-state index in [0.717, 1.165) is 0 Å². The summed E-state index contributed by atoms with van der Waals surface area (Å²) in [4.78, 5) is -0.156. The summed E-state index contributed by atoms with van der Waals surface area (Å²) < 4.78 is 62.3. The minimum atomic E-state index is -4.59. The maximum Gasteiger partial charge on any atom is 0.431 e. The molecule has 0 aliphatic carbocycles. The molecule has 144 valence electrons. The molecule has 0 radical (unpaired) electrons. The summed E-state index contributed by atoms with van der Waals surface area (Å²) in [6.45, 7) is 0. The van der Waals surface area contributed by atoms with Crippen LogP contribution in [0.5, 0.6) is 0 Å². The van der Waals surface area contributed by atoms with E-state index >= 15 is 0 Å². The van der Waals surface area contributed by atoms with Crippen LogP contribution in [0.15, 0.2) is 52.5 Å². The molecule has 0 amide bonds. The maximum absolute atomic E-state index is 13.2. The van der Waals surface area contributed by atoms with Crippen molar-refractivity contribution >= 4 is 44.6 Å². The van der Waals surface area contributed by atoms with Gasteiger partial charge in [-0.25, -0.2) is 13.6 Å². The molecule has 0 bridgehead atoms. The number of sulfonamides is 1. The molecule has 2 aromatic rings. The summed E-state index contributed by atoms with van der Waals surface area (Å²) >= 11 is 11.9. The van der Waals surface area contributed by atoms with Gasteiger partial charge in [0.05, 0.1) is 26.7 Å². The topological polar surface area (TPSA) is 75.8 Å². The Bertz CT molecular complexity index is 1010. The number of primary sulfonamides is 1. The van der Waals surface area contributed by atoms with E-state index in [9.17, 15) is 21.6 Å². The van der Waals surface area contributed by atoms with Crippen LogP contribution in [0.4, 0.5) is 18.9 Å². The second-order valence-corrected chi connectivity index (χ2v) is 8.20. The molecule has 0 saturated heterocycles. The Balaban J connectivity index is 2.04. The zero-order chi connectivity index (χ0) is 20.0. The molecule has 0 saturated carbocycles. The monoisotopic (exact) mass is 437 g/mol. The first kappa shape index (κ1) is 19.9. The molecule has 0 fully saturated rings. The first-order valence-electron chi connectivity index (χ1n) is 7.48. The van der Waals surface area contributed by atoms with Crippen molar-refractivity contribution in [3.8, 4) is 0 Å². The largest absolute Gasteiger partial charge is 0.431 e. The third-order valence-electron chi connectivity index (χ3n) is 4.00. The van der Waals surface area contributed by atoms with Gasteiger partial charge in [0, 0.05) is 6.42 Å². The summed E-state index contributed by atoms with van der Waals surface area (Å²) in [6.07, 6.45) is -4.98. The molecule has 1 heterocycles. The maximum atomic E-state index is 13.2. The highest BCUT2D eigenvalue weighted by Gasteiger charge is 2.43. The number of hydrazone groups is 1. The van der Waals surface area contributed by atoms with Gasteiger partial charge in [-0.05, 0) is 42.0 Å². The Morgan fingerprint density at radius 1 is 1.07 bits per heavy atom. The van der Waals surface area contributed by atoms with Crippen LogP contribution in [0, 0.1) is 0 Å². The van der Waals surface area contributed by atoms with Crippen molar-refractivity contribution in [1.82, 2.24) is 0 Å². The fraction of sp³-hybridized carbons (Fsp3) is 0.188. The van der Waals surface area contributed by atoms with Gasteiger partial charge in [0.15, 0.2) is 0 Å².